The van der Waals surface area contributed by atoms with Gasteiger partial charge in [0.25, 0.3) is 11.1 Å². The Morgan fingerprint density at radius 2 is 1.72 bits per heavy atom. The molecule has 1 aliphatic rings. The molecule has 1 aliphatic heterocycles. The summed E-state index contributed by atoms with van der Waals surface area (Å²) in [4.78, 5) is 38.3. The van der Waals surface area contributed by atoms with E-state index in [-0.39, 0.29) is 11.4 Å². The molecule has 150 valence electrons. The summed E-state index contributed by atoms with van der Waals surface area (Å²) in [6, 6.07) is 12.4. The number of halogens is 1. The number of anilines is 1. The van der Waals surface area contributed by atoms with Crippen LogP contribution in [-0.2, 0) is 9.59 Å². The molecule has 0 aromatic heterocycles. The molecule has 3 rings (SSSR count). The van der Waals surface area contributed by atoms with E-state index in [4.69, 9.17) is 9.47 Å². The molecule has 9 heteroatoms. The van der Waals surface area contributed by atoms with Crippen molar-refractivity contribution in [2.24, 2.45) is 0 Å². The summed E-state index contributed by atoms with van der Waals surface area (Å²) in [7, 11) is 3.05. The maximum atomic E-state index is 12.6. The van der Waals surface area contributed by atoms with Crippen molar-refractivity contribution in [2.75, 3.05) is 26.1 Å². The minimum atomic E-state index is -0.514. The zero-order chi connectivity index (χ0) is 21.0. The normalized spacial score (nSPS) is 15.0. The predicted molar refractivity (Wildman–Crippen MR) is 120 cm³/mol. The minimum Gasteiger partial charge on any atom is -0.497 e. The number of ether oxygens (including phenoxy) is 2. The number of hydrogen-bond acceptors (Lipinski definition) is 6. The average molecular weight is 524 g/mol. The number of hydrogen-bond donors (Lipinski definition) is 1. The number of nitrogens with zero attached hydrogens (tertiary/aromatic N) is 1. The minimum absolute atomic E-state index is 0.229. The summed E-state index contributed by atoms with van der Waals surface area (Å²) in [5.74, 6) is 0.163. The van der Waals surface area contributed by atoms with Gasteiger partial charge >= 0.3 is 0 Å². The summed E-state index contributed by atoms with van der Waals surface area (Å²) in [5.41, 5.74) is 1.25. The fraction of sp³-hybridized carbons (Fsp3) is 0.150. The van der Waals surface area contributed by atoms with Crippen LogP contribution in [0.5, 0.6) is 11.5 Å². The number of imide groups is 1. The van der Waals surface area contributed by atoms with E-state index in [0.29, 0.717) is 22.7 Å². The number of carbonyl (C=O) groups excluding carboxylic acids is 3. The third-order valence-corrected chi connectivity index (χ3v) is 5.60. The first-order valence-corrected chi connectivity index (χ1v) is 10.3. The first-order chi connectivity index (χ1) is 13.9. The van der Waals surface area contributed by atoms with Crippen molar-refractivity contribution in [2.45, 2.75) is 0 Å². The number of thioether (sulfide) groups is 1. The van der Waals surface area contributed by atoms with Gasteiger partial charge in [-0.1, -0.05) is 0 Å². The molecule has 0 saturated carbocycles. The largest absolute Gasteiger partial charge is 0.497 e. The van der Waals surface area contributed by atoms with Crippen molar-refractivity contribution >= 4 is 63.2 Å². The maximum absolute atomic E-state index is 12.6. The molecule has 0 atom stereocenters. The monoisotopic (exact) mass is 524 g/mol. The summed E-state index contributed by atoms with van der Waals surface area (Å²) in [6.07, 6.45) is 1.58. The van der Waals surface area contributed by atoms with Crippen LogP contribution in [0.1, 0.15) is 5.56 Å². The molecule has 29 heavy (non-hydrogen) atoms. The molecule has 0 aliphatic carbocycles. The van der Waals surface area contributed by atoms with E-state index in [1.54, 1.807) is 36.4 Å². The molecule has 1 heterocycles. The Hall–Kier alpha value is -2.53. The van der Waals surface area contributed by atoms with Crippen molar-refractivity contribution in [3.05, 3.63) is 56.5 Å². The average Bonchev–Trinajstić information content (AvgIpc) is 2.96. The Bertz CT molecular complexity index is 969. The van der Waals surface area contributed by atoms with E-state index in [0.717, 1.165) is 20.2 Å². The fourth-order valence-electron chi connectivity index (χ4n) is 2.58. The Labute approximate surface area is 185 Å². The smallest absolute Gasteiger partial charge is 0.294 e. The molecule has 0 spiro atoms. The lowest BCUT2D eigenvalue weighted by molar-refractivity contribution is -0.127. The summed E-state index contributed by atoms with van der Waals surface area (Å²) >= 11 is 2.95. The molecule has 0 radical (unpaired) electrons. The van der Waals surface area contributed by atoms with Crippen molar-refractivity contribution in [1.29, 1.82) is 0 Å². The van der Waals surface area contributed by atoms with E-state index < -0.39 is 17.1 Å². The van der Waals surface area contributed by atoms with Gasteiger partial charge in [0.1, 0.15) is 18.0 Å². The number of benzene rings is 2. The highest BCUT2D eigenvalue weighted by molar-refractivity contribution is 14.1. The van der Waals surface area contributed by atoms with Crippen LogP contribution in [0.4, 0.5) is 10.5 Å². The van der Waals surface area contributed by atoms with Gasteiger partial charge in [-0.25, -0.2) is 0 Å². The van der Waals surface area contributed by atoms with Gasteiger partial charge in [0.2, 0.25) is 5.91 Å². The van der Waals surface area contributed by atoms with Crippen LogP contribution in [0.15, 0.2) is 47.4 Å². The van der Waals surface area contributed by atoms with E-state index in [9.17, 15) is 14.4 Å². The molecule has 1 saturated heterocycles. The van der Waals surface area contributed by atoms with Gasteiger partial charge in [-0.05, 0) is 82.4 Å². The summed E-state index contributed by atoms with van der Waals surface area (Å²) in [5, 5.41) is 2.19. The first-order valence-electron chi connectivity index (χ1n) is 8.43. The van der Waals surface area contributed by atoms with E-state index in [1.807, 2.05) is 12.1 Å². The summed E-state index contributed by atoms with van der Waals surface area (Å²) < 4.78 is 11.5. The molecule has 1 N–H and O–H groups in total. The van der Waals surface area contributed by atoms with E-state index in [2.05, 4.69) is 27.9 Å². The second kappa shape index (κ2) is 9.31. The molecular weight excluding hydrogens is 507 g/mol. The molecule has 3 amide bonds. The Balaban J connectivity index is 1.73. The third-order valence-electron chi connectivity index (χ3n) is 3.97. The SMILES string of the molecule is COc1cc(/C=C2/SC(=O)N(CC(=O)Nc3ccc(I)cc3)C2=O)cc(OC)c1. The van der Waals surface area contributed by atoms with Gasteiger partial charge in [0.15, 0.2) is 0 Å². The maximum Gasteiger partial charge on any atom is 0.294 e. The van der Waals surface area contributed by atoms with Crippen LogP contribution in [0.3, 0.4) is 0 Å². The zero-order valence-corrected chi connectivity index (χ0v) is 18.6. The van der Waals surface area contributed by atoms with Crippen molar-refractivity contribution < 1.29 is 23.9 Å². The quantitative estimate of drug-likeness (QED) is 0.455. The highest BCUT2D eigenvalue weighted by Crippen LogP contribution is 2.33. The lowest BCUT2D eigenvalue weighted by Crippen LogP contribution is -2.36. The van der Waals surface area contributed by atoms with Crippen LogP contribution >= 0.6 is 34.4 Å². The second-order valence-corrected chi connectivity index (χ2v) is 8.21. The van der Waals surface area contributed by atoms with Gasteiger partial charge in [-0.15, -0.1) is 0 Å². The van der Waals surface area contributed by atoms with Crippen LogP contribution in [0, 0.1) is 3.57 Å². The van der Waals surface area contributed by atoms with Crippen LogP contribution in [0.25, 0.3) is 6.08 Å². The zero-order valence-electron chi connectivity index (χ0n) is 15.6. The summed E-state index contributed by atoms with van der Waals surface area (Å²) in [6.45, 7) is -0.352. The number of carbonyl (C=O) groups is 3. The van der Waals surface area contributed by atoms with Gasteiger partial charge < -0.3 is 14.8 Å². The van der Waals surface area contributed by atoms with Crippen LogP contribution in [-0.4, -0.2) is 42.7 Å². The Kier molecular flexibility index (Phi) is 6.80. The first kappa shape index (κ1) is 21.2. The molecular formula is C20H17IN2O5S. The van der Waals surface area contributed by atoms with E-state index >= 15 is 0 Å². The topological polar surface area (TPSA) is 84.9 Å². The van der Waals surface area contributed by atoms with Gasteiger partial charge in [0, 0.05) is 15.3 Å². The van der Waals surface area contributed by atoms with Crippen molar-refractivity contribution in [3.8, 4) is 11.5 Å². The Morgan fingerprint density at radius 3 is 2.31 bits per heavy atom. The third kappa shape index (κ3) is 5.30. The molecule has 2 aromatic carbocycles. The molecule has 2 aromatic rings. The van der Waals surface area contributed by atoms with Crippen molar-refractivity contribution in [1.82, 2.24) is 4.90 Å². The lowest BCUT2D eigenvalue weighted by Gasteiger charge is -2.12. The second-order valence-electron chi connectivity index (χ2n) is 5.97. The van der Waals surface area contributed by atoms with Gasteiger partial charge in [-0.3, -0.25) is 19.3 Å². The Morgan fingerprint density at radius 1 is 1.10 bits per heavy atom. The number of rotatable bonds is 6. The van der Waals surface area contributed by atoms with Crippen molar-refractivity contribution in [3.63, 3.8) is 0 Å². The standard InChI is InChI=1S/C20H17IN2O5S/c1-27-15-7-12(8-16(10-15)28-2)9-17-19(25)23(20(26)29-17)11-18(24)22-14-5-3-13(21)4-6-14/h3-10H,11H2,1-2H3,(H,22,24)/b17-9+. The molecule has 1 fully saturated rings. The molecule has 0 bridgehead atoms. The van der Waals surface area contributed by atoms with E-state index in [1.165, 1.54) is 14.2 Å². The number of amides is 3. The fourth-order valence-corrected chi connectivity index (χ4v) is 3.78. The predicted octanol–water partition coefficient (Wildman–Crippen LogP) is 3.98. The van der Waals surface area contributed by atoms with Gasteiger partial charge in [-0.2, -0.15) is 0 Å². The van der Waals surface area contributed by atoms with Crippen LogP contribution < -0.4 is 14.8 Å². The lowest BCUT2D eigenvalue weighted by atomic mass is 10.2. The highest BCUT2D eigenvalue weighted by Gasteiger charge is 2.36. The van der Waals surface area contributed by atoms with Crippen LogP contribution in [0.2, 0.25) is 0 Å². The highest BCUT2D eigenvalue weighted by atomic mass is 127. The molecule has 7 nitrogen and oxygen atoms in total. The molecule has 0 unspecified atom stereocenters. The number of nitrogens with one attached hydrogen (secondary N) is 1. The number of methoxy groups -OCH3 is 2. The van der Waals surface area contributed by atoms with Gasteiger partial charge in [0.05, 0.1) is 19.1 Å².